The number of carbonyl (C=O) groups excluding carboxylic acids is 1. The van der Waals surface area contributed by atoms with Gasteiger partial charge in [0.05, 0.1) is 12.2 Å². The second kappa shape index (κ2) is 7.45. The van der Waals surface area contributed by atoms with Gasteiger partial charge in [0.15, 0.2) is 0 Å². The lowest BCUT2D eigenvalue weighted by Crippen LogP contribution is -2.08. The Hall–Kier alpha value is -2.33. The van der Waals surface area contributed by atoms with Crippen molar-refractivity contribution in [3.8, 4) is 5.75 Å². The van der Waals surface area contributed by atoms with Crippen LogP contribution in [0.3, 0.4) is 0 Å². The predicted molar refractivity (Wildman–Crippen MR) is 79.3 cm³/mol. The van der Waals surface area contributed by atoms with Crippen molar-refractivity contribution in [1.82, 2.24) is 0 Å². The molecule has 0 atom stereocenters. The standard InChI is InChI=1S/C17H18O4/c1-13-11-15(20-10-9-18)7-8-16(13)17(19)21-12-14-5-3-2-4-6-14/h2-8,11,18H,9-10,12H2,1H3. The van der Waals surface area contributed by atoms with Crippen LogP contribution in [0, 0.1) is 6.92 Å². The van der Waals surface area contributed by atoms with Crippen LogP contribution in [-0.2, 0) is 11.3 Å². The summed E-state index contributed by atoms with van der Waals surface area (Å²) in [5, 5.41) is 8.72. The number of rotatable bonds is 6. The molecule has 110 valence electrons. The van der Waals surface area contributed by atoms with Gasteiger partial charge < -0.3 is 14.6 Å². The highest BCUT2D eigenvalue weighted by Gasteiger charge is 2.11. The van der Waals surface area contributed by atoms with E-state index in [-0.39, 0.29) is 25.8 Å². The van der Waals surface area contributed by atoms with Crippen LogP contribution in [0.5, 0.6) is 5.75 Å². The molecule has 0 saturated carbocycles. The lowest BCUT2D eigenvalue weighted by molar-refractivity contribution is 0.0472. The molecule has 2 aromatic rings. The average Bonchev–Trinajstić information content (AvgIpc) is 2.51. The maximum atomic E-state index is 12.1. The Morgan fingerprint density at radius 2 is 1.90 bits per heavy atom. The van der Waals surface area contributed by atoms with Gasteiger partial charge in [0.2, 0.25) is 0 Å². The summed E-state index contributed by atoms with van der Waals surface area (Å²) in [6.07, 6.45) is 0. The van der Waals surface area contributed by atoms with Crippen molar-refractivity contribution in [2.75, 3.05) is 13.2 Å². The summed E-state index contributed by atoms with van der Waals surface area (Å²) in [6.45, 7) is 2.27. The Morgan fingerprint density at radius 1 is 1.14 bits per heavy atom. The molecule has 0 amide bonds. The number of aliphatic hydroxyl groups is 1. The molecule has 1 N–H and O–H groups in total. The minimum Gasteiger partial charge on any atom is -0.491 e. The minimum atomic E-state index is -0.356. The summed E-state index contributed by atoms with van der Waals surface area (Å²) < 4.78 is 10.6. The molecule has 2 aromatic carbocycles. The van der Waals surface area contributed by atoms with Crippen molar-refractivity contribution in [2.24, 2.45) is 0 Å². The van der Waals surface area contributed by atoms with E-state index in [2.05, 4.69) is 0 Å². The zero-order valence-corrected chi connectivity index (χ0v) is 11.9. The van der Waals surface area contributed by atoms with Crippen molar-refractivity contribution < 1.29 is 19.4 Å². The molecule has 0 fully saturated rings. The third-order valence-electron chi connectivity index (χ3n) is 2.99. The summed E-state index contributed by atoms with van der Waals surface area (Å²) >= 11 is 0. The van der Waals surface area contributed by atoms with Crippen LogP contribution in [0.4, 0.5) is 0 Å². The second-order valence-corrected chi connectivity index (χ2v) is 4.61. The molecule has 0 aliphatic carbocycles. The molecule has 0 aliphatic rings. The lowest BCUT2D eigenvalue weighted by atomic mass is 10.1. The molecular weight excluding hydrogens is 268 g/mol. The van der Waals surface area contributed by atoms with E-state index >= 15 is 0 Å². The monoisotopic (exact) mass is 286 g/mol. The van der Waals surface area contributed by atoms with Crippen LogP contribution in [0.1, 0.15) is 21.5 Å². The number of hydrogen-bond donors (Lipinski definition) is 1. The van der Waals surface area contributed by atoms with E-state index in [4.69, 9.17) is 14.6 Å². The molecule has 2 rings (SSSR count). The number of ether oxygens (including phenoxy) is 2. The summed E-state index contributed by atoms with van der Waals surface area (Å²) in [7, 11) is 0. The van der Waals surface area contributed by atoms with Gasteiger partial charge in [-0.1, -0.05) is 30.3 Å². The lowest BCUT2D eigenvalue weighted by Gasteiger charge is -2.10. The highest BCUT2D eigenvalue weighted by Crippen LogP contribution is 2.18. The number of benzene rings is 2. The molecular formula is C17H18O4. The second-order valence-electron chi connectivity index (χ2n) is 4.61. The van der Waals surface area contributed by atoms with E-state index in [1.807, 2.05) is 37.3 Å². The first-order valence-electron chi connectivity index (χ1n) is 6.76. The smallest absolute Gasteiger partial charge is 0.338 e. The Kier molecular flexibility index (Phi) is 5.35. The molecule has 0 heterocycles. The Morgan fingerprint density at radius 3 is 2.57 bits per heavy atom. The number of aliphatic hydroxyl groups excluding tert-OH is 1. The van der Waals surface area contributed by atoms with Crippen molar-refractivity contribution in [2.45, 2.75) is 13.5 Å². The zero-order valence-electron chi connectivity index (χ0n) is 11.9. The fraction of sp³-hybridized carbons (Fsp3) is 0.235. The highest BCUT2D eigenvalue weighted by atomic mass is 16.5. The SMILES string of the molecule is Cc1cc(OCCO)ccc1C(=O)OCc1ccccc1. The van der Waals surface area contributed by atoms with Gasteiger partial charge in [0.1, 0.15) is 19.0 Å². The Bertz CT molecular complexity index is 593. The van der Waals surface area contributed by atoms with Gasteiger partial charge in [-0.3, -0.25) is 0 Å². The third kappa shape index (κ3) is 4.33. The van der Waals surface area contributed by atoms with Crippen molar-refractivity contribution in [3.05, 3.63) is 65.2 Å². The van der Waals surface area contributed by atoms with Crippen LogP contribution < -0.4 is 4.74 Å². The molecule has 0 saturated heterocycles. The Labute approximate surface area is 123 Å². The maximum absolute atomic E-state index is 12.1. The van der Waals surface area contributed by atoms with Gasteiger partial charge in [0, 0.05) is 0 Å². The van der Waals surface area contributed by atoms with Crippen molar-refractivity contribution >= 4 is 5.97 Å². The van der Waals surface area contributed by atoms with Gasteiger partial charge in [0.25, 0.3) is 0 Å². The van der Waals surface area contributed by atoms with Gasteiger partial charge >= 0.3 is 5.97 Å². The normalized spacial score (nSPS) is 10.2. The van der Waals surface area contributed by atoms with Crippen LogP contribution in [0.25, 0.3) is 0 Å². The molecule has 0 bridgehead atoms. The van der Waals surface area contributed by atoms with E-state index in [0.717, 1.165) is 11.1 Å². The Balaban J connectivity index is 1.99. The van der Waals surface area contributed by atoms with E-state index in [9.17, 15) is 4.79 Å². The first-order valence-corrected chi connectivity index (χ1v) is 6.76. The molecule has 0 aliphatic heterocycles. The van der Waals surface area contributed by atoms with Crippen molar-refractivity contribution in [1.29, 1.82) is 0 Å². The first kappa shape index (κ1) is 15.1. The van der Waals surface area contributed by atoms with Crippen LogP contribution in [0.2, 0.25) is 0 Å². The summed E-state index contributed by atoms with van der Waals surface area (Å²) in [5.41, 5.74) is 2.25. The first-order chi connectivity index (χ1) is 10.2. The molecule has 4 nitrogen and oxygen atoms in total. The van der Waals surface area contributed by atoms with E-state index < -0.39 is 0 Å². The van der Waals surface area contributed by atoms with Gasteiger partial charge in [-0.15, -0.1) is 0 Å². The van der Waals surface area contributed by atoms with Gasteiger partial charge in [-0.05, 0) is 36.2 Å². The zero-order chi connectivity index (χ0) is 15.1. The quantitative estimate of drug-likeness (QED) is 0.830. The van der Waals surface area contributed by atoms with Gasteiger partial charge in [-0.25, -0.2) is 4.79 Å². The molecule has 0 unspecified atom stereocenters. The fourth-order valence-electron chi connectivity index (χ4n) is 1.92. The van der Waals surface area contributed by atoms with E-state index in [0.29, 0.717) is 11.3 Å². The maximum Gasteiger partial charge on any atom is 0.338 e. The largest absolute Gasteiger partial charge is 0.491 e. The average molecular weight is 286 g/mol. The topological polar surface area (TPSA) is 55.8 Å². The summed E-state index contributed by atoms with van der Waals surface area (Å²) in [4.78, 5) is 12.1. The molecule has 4 heteroatoms. The molecule has 21 heavy (non-hydrogen) atoms. The van der Waals surface area contributed by atoms with E-state index in [1.54, 1.807) is 18.2 Å². The summed E-state index contributed by atoms with van der Waals surface area (Å²) in [5.74, 6) is 0.270. The number of aryl methyl sites for hydroxylation is 1. The highest BCUT2D eigenvalue weighted by molar-refractivity contribution is 5.91. The number of carbonyl (C=O) groups is 1. The van der Waals surface area contributed by atoms with Crippen LogP contribution in [0.15, 0.2) is 48.5 Å². The third-order valence-corrected chi connectivity index (χ3v) is 2.99. The fourth-order valence-corrected chi connectivity index (χ4v) is 1.92. The van der Waals surface area contributed by atoms with E-state index in [1.165, 1.54) is 0 Å². The predicted octanol–water partition coefficient (Wildman–Crippen LogP) is 2.72. The molecule has 0 radical (unpaired) electrons. The van der Waals surface area contributed by atoms with Crippen LogP contribution in [-0.4, -0.2) is 24.3 Å². The minimum absolute atomic E-state index is 0.0417. The molecule has 0 aromatic heterocycles. The molecule has 0 spiro atoms. The van der Waals surface area contributed by atoms with Crippen LogP contribution >= 0.6 is 0 Å². The van der Waals surface area contributed by atoms with Gasteiger partial charge in [-0.2, -0.15) is 0 Å². The summed E-state index contributed by atoms with van der Waals surface area (Å²) in [6, 6.07) is 14.7. The van der Waals surface area contributed by atoms with Crippen molar-refractivity contribution in [3.63, 3.8) is 0 Å². The number of esters is 1. The number of hydrogen-bond acceptors (Lipinski definition) is 4.